The highest BCUT2D eigenvalue weighted by molar-refractivity contribution is 9.10. The van der Waals surface area contributed by atoms with Gasteiger partial charge in [0.1, 0.15) is 16.7 Å². The highest BCUT2D eigenvalue weighted by Gasteiger charge is 2.25. The molecule has 7 heteroatoms. The first-order valence-corrected chi connectivity index (χ1v) is 7.41. The van der Waals surface area contributed by atoms with Gasteiger partial charge in [0.25, 0.3) is 0 Å². The average Bonchev–Trinajstić information content (AvgIpc) is 2.39. The van der Waals surface area contributed by atoms with E-state index in [0.717, 1.165) is 0 Å². The zero-order valence-corrected chi connectivity index (χ0v) is 13.5. The number of aliphatic hydroxyl groups is 1. The zero-order valence-electron chi connectivity index (χ0n) is 11.9. The van der Waals surface area contributed by atoms with Gasteiger partial charge in [0.05, 0.1) is 0 Å². The van der Waals surface area contributed by atoms with Crippen LogP contribution in [0, 0.1) is 5.92 Å². The first kappa shape index (κ1) is 17.6. The first-order chi connectivity index (χ1) is 9.81. The quantitative estimate of drug-likeness (QED) is 0.639. The Bertz CT molecular complexity index is 508. The number of pyridine rings is 1. The Hall–Kier alpha value is -1.47. The fraction of sp³-hybridized carbons (Fsp3) is 0.500. The zero-order chi connectivity index (χ0) is 16.0. The highest BCUT2D eigenvalue weighted by atomic mass is 79.9. The summed E-state index contributed by atoms with van der Waals surface area (Å²) >= 11 is 3.24. The Morgan fingerprint density at radius 1 is 1.43 bits per heavy atom. The molecule has 1 aromatic heterocycles. The van der Waals surface area contributed by atoms with Crippen molar-refractivity contribution in [3.8, 4) is 0 Å². The summed E-state index contributed by atoms with van der Waals surface area (Å²) in [5, 5.41) is 21.3. The number of carbonyl (C=O) groups excluding carboxylic acids is 1. The Morgan fingerprint density at radius 3 is 2.62 bits per heavy atom. The minimum absolute atomic E-state index is 0.0872. The maximum Gasteiger partial charge on any atom is 0.326 e. The van der Waals surface area contributed by atoms with Crippen LogP contribution in [0.5, 0.6) is 0 Å². The van der Waals surface area contributed by atoms with Crippen molar-refractivity contribution in [3.05, 3.63) is 28.5 Å². The predicted molar refractivity (Wildman–Crippen MR) is 80.7 cm³/mol. The number of amides is 1. The standard InChI is InChI=1S/C14H19BrN2O4/c1-8(2)6-11(18)13(19)17-10(14(20)21)7-9-4-3-5-16-12(9)15/h3-5,8,10-11,18H,6-7H2,1-2H3,(H,17,19)(H,20,21)/t10-,11-/m1/s1. The number of rotatable bonds is 7. The molecule has 0 aliphatic carbocycles. The van der Waals surface area contributed by atoms with Gasteiger partial charge in [-0.2, -0.15) is 0 Å². The van der Waals surface area contributed by atoms with Crippen molar-refractivity contribution in [1.82, 2.24) is 10.3 Å². The van der Waals surface area contributed by atoms with Crippen LogP contribution in [0.3, 0.4) is 0 Å². The number of aromatic nitrogens is 1. The highest BCUT2D eigenvalue weighted by Crippen LogP contribution is 2.15. The lowest BCUT2D eigenvalue weighted by Gasteiger charge is -2.18. The predicted octanol–water partition coefficient (Wildman–Crippen LogP) is 1.36. The van der Waals surface area contributed by atoms with Gasteiger partial charge >= 0.3 is 5.97 Å². The summed E-state index contributed by atoms with van der Waals surface area (Å²) in [7, 11) is 0. The summed E-state index contributed by atoms with van der Waals surface area (Å²) in [6, 6.07) is 2.30. The number of carboxylic acids is 1. The van der Waals surface area contributed by atoms with E-state index in [0.29, 0.717) is 10.2 Å². The number of carboxylic acid groups (broad SMARTS) is 1. The molecular formula is C14H19BrN2O4. The monoisotopic (exact) mass is 358 g/mol. The van der Waals surface area contributed by atoms with Crippen molar-refractivity contribution >= 4 is 27.8 Å². The van der Waals surface area contributed by atoms with Crippen LogP contribution >= 0.6 is 15.9 Å². The summed E-state index contributed by atoms with van der Waals surface area (Å²) in [6.07, 6.45) is 0.747. The lowest BCUT2D eigenvalue weighted by molar-refractivity contribution is -0.143. The van der Waals surface area contributed by atoms with Crippen LogP contribution in [0.25, 0.3) is 0 Å². The number of hydrogen-bond donors (Lipinski definition) is 3. The maximum atomic E-state index is 11.8. The smallest absolute Gasteiger partial charge is 0.326 e. The fourth-order valence-electron chi connectivity index (χ4n) is 1.81. The van der Waals surface area contributed by atoms with Crippen molar-refractivity contribution < 1.29 is 19.8 Å². The van der Waals surface area contributed by atoms with Crippen LogP contribution in [0.15, 0.2) is 22.9 Å². The molecule has 0 fully saturated rings. The van der Waals surface area contributed by atoms with E-state index in [1.54, 1.807) is 18.3 Å². The second-order valence-corrected chi connectivity index (χ2v) is 5.95. The molecule has 0 aliphatic heterocycles. The summed E-state index contributed by atoms with van der Waals surface area (Å²) in [5.41, 5.74) is 0.670. The van der Waals surface area contributed by atoms with Crippen molar-refractivity contribution in [2.45, 2.75) is 38.8 Å². The van der Waals surface area contributed by atoms with E-state index in [9.17, 15) is 19.8 Å². The molecule has 2 atom stereocenters. The summed E-state index contributed by atoms with van der Waals surface area (Å²) in [5.74, 6) is -1.69. The van der Waals surface area contributed by atoms with Crippen LogP contribution in [0.2, 0.25) is 0 Å². The molecule has 0 unspecified atom stereocenters. The fourth-order valence-corrected chi connectivity index (χ4v) is 2.23. The molecule has 21 heavy (non-hydrogen) atoms. The molecule has 1 rings (SSSR count). The maximum absolute atomic E-state index is 11.8. The van der Waals surface area contributed by atoms with Crippen molar-refractivity contribution in [2.24, 2.45) is 5.92 Å². The van der Waals surface area contributed by atoms with Crippen molar-refractivity contribution in [1.29, 1.82) is 0 Å². The number of aliphatic carboxylic acids is 1. The molecular weight excluding hydrogens is 340 g/mol. The normalized spacial score (nSPS) is 13.8. The lowest BCUT2D eigenvalue weighted by atomic mass is 10.0. The molecule has 0 radical (unpaired) electrons. The van der Waals surface area contributed by atoms with Crippen LogP contribution in [-0.4, -0.2) is 39.2 Å². The third-order valence-corrected chi connectivity index (χ3v) is 3.59. The number of halogens is 1. The Kier molecular flexibility index (Phi) is 6.77. The number of nitrogens with zero attached hydrogens (tertiary/aromatic N) is 1. The number of hydrogen-bond acceptors (Lipinski definition) is 4. The van der Waals surface area contributed by atoms with Crippen LogP contribution in [0.4, 0.5) is 0 Å². The van der Waals surface area contributed by atoms with Gasteiger partial charge < -0.3 is 15.5 Å². The van der Waals surface area contributed by atoms with Gasteiger partial charge in [-0.3, -0.25) is 4.79 Å². The average molecular weight is 359 g/mol. The summed E-state index contributed by atoms with van der Waals surface area (Å²) < 4.78 is 0.535. The molecule has 1 heterocycles. The van der Waals surface area contributed by atoms with Gasteiger partial charge in [-0.15, -0.1) is 0 Å². The molecule has 3 N–H and O–H groups in total. The molecule has 0 aromatic carbocycles. The molecule has 116 valence electrons. The second kappa shape index (κ2) is 8.09. The Balaban J connectivity index is 2.73. The molecule has 6 nitrogen and oxygen atoms in total. The Labute approximate surface area is 131 Å². The third kappa shape index (κ3) is 5.81. The van der Waals surface area contributed by atoms with Crippen molar-refractivity contribution in [3.63, 3.8) is 0 Å². The van der Waals surface area contributed by atoms with E-state index >= 15 is 0 Å². The van der Waals surface area contributed by atoms with Crippen LogP contribution < -0.4 is 5.32 Å². The van der Waals surface area contributed by atoms with Gasteiger partial charge in [0.15, 0.2) is 0 Å². The molecule has 0 bridgehead atoms. The third-order valence-electron chi connectivity index (χ3n) is 2.87. The van der Waals surface area contributed by atoms with Gasteiger partial charge in [-0.05, 0) is 39.9 Å². The molecule has 0 spiro atoms. The minimum Gasteiger partial charge on any atom is -0.480 e. The minimum atomic E-state index is -1.20. The van der Waals surface area contributed by atoms with E-state index in [2.05, 4.69) is 26.2 Å². The number of nitrogens with one attached hydrogen (secondary N) is 1. The van der Waals surface area contributed by atoms with E-state index in [1.807, 2.05) is 13.8 Å². The topological polar surface area (TPSA) is 99.5 Å². The SMILES string of the molecule is CC(C)C[C@@H](O)C(=O)N[C@H](Cc1cccnc1Br)C(=O)O. The number of aliphatic hydroxyl groups excluding tert-OH is 1. The van der Waals surface area contributed by atoms with E-state index in [4.69, 9.17) is 0 Å². The van der Waals surface area contributed by atoms with Gasteiger partial charge in [0.2, 0.25) is 5.91 Å². The summed E-state index contributed by atoms with van der Waals surface area (Å²) in [6.45, 7) is 3.75. The molecule has 1 amide bonds. The van der Waals surface area contributed by atoms with Gasteiger partial charge in [-0.1, -0.05) is 19.9 Å². The van der Waals surface area contributed by atoms with Gasteiger partial charge in [-0.25, -0.2) is 9.78 Å². The van der Waals surface area contributed by atoms with Crippen molar-refractivity contribution in [2.75, 3.05) is 0 Å². The molecule has 0 saturated carbocycles. The number of carbonyl (C=O) groups is 2. The lowest BCUT2D eigenvalue weighted by Crippen LogP contribution is -2.47. The second-order valence-electron chi connectivity index (χ2n) is 5.20. The Morgan fingerprint density at radius 2 is 2.10 bits per heavy atom. The van der Waals surface area contributed by atoms with E-state index in [1.165, 1.54) is 0 Å². The van der Waals surface area contributed by atoms with E-state index in [-0.39, 0.29) is 18.8 Å². The largest absolute Gasteiger partial charge is 0.480 e. The van der Waals surface area contributed by atoms with Crippen LogP contribution in [0.1, 0.15) is 25.8 Å². The van der Waals surface area contributed by atoms with Gasteiger partial charge in [0, 0.05) is 12.6 Å². The molecule has 0 aliphatic rings. The van der Waals surface area contributed by atoms with E-state index < -0.39 is 24.0 Å². The van der Waals surface area contributed by atoms with Crippen LogP contribution in [-0.2, 0) is 16.0 Å². The summed E-state index contributed by atoms with van der Waals surface area (Å²) in [4.78, 5) is 27.1. The molecule has 1 aromatic rings. The first-order valence-electron chi connectivity index (χ1n) is 6.62. The molecule has 0 saturated heterocycles.